The lowest BCUT2D eigenvalue weighted by Gasteiger charge is -2.17. The van der Waals surface area contributed by atoms with Crippen molar-refractivity contribution in [3.63, 3.8) is 0 Å². The van der Waals surface area contributed by atoms with Gasteiger partial charge in [0, 0.05) is 18.0 Å². The number of hydrogen-bond donors (Lipinski definition) is 3. The molecule has 4 nitrogen and oxygen atoms in total. The molecule has 1 unspecified atom stereocenters. The van der Waals surface area contributed by atoms with E-state index >= 15 is 0 Å². The van der Waals surface area contributed by atoms with E-state index in [4.69, 9.17) is 22.4 Å². The van der Waals surface area contributed by atoms with Crippen molar-refractivity contribution < 1.29 is 19.4 Å². The molecule has 1 atom stereocenters. The van der Waals surface area contributed by atoms with Crippen molar-refractivity contribution in [2.75, 3.05) is 0 Å². The van der Waals surface area contributed by atoms with Crippen molar-refractivity contribution in [3.8, 4) is 5.75 Å². The third-order valence-electron chi connectivity index (χ3n) is 2.54. The minimum absolute atomic E-state index is 0.101. The molecule has 0 fully saturated rings. The first-order valence-corrected chi connectivity index (χ1v) is 5.37. The fraction of sp³-hybridized carbons (Fsp3) is 0.364. The van der Waals surface area contributed by atoms with Gasteiger partial charge >= 0.3 is 5.97 Å². The highest BCUT2D eigenvalue weighted by Gasteiger charge is 2.20. The molecule has 0 radical (unpaired) electrons. The van der Waals surface area contributed by atoms with Gasteiger partial charge in [0.15, 0.2) is 0 Å². The van der Waals surface area contributed by atoms with Gasteiger partial charge in [-0.25, -0.2) is 4.39 Å². The molecule has 1 aromatic carbocycles. The molecule has 0 spiro atoms. The van der Waals surface area contributed by atoms with E-state index in [0.29, 0.717) is 0 Å². The van der Waals surface area contributed by atoms with Crippen molar-refractivity contribution in [2.45, 2.75) is 25.8 Å². The summed E-state index contributed by atoms with van der Waals surface area (Å²) in [6.07, 6.45) is -0.0578. The van der Waals surface area contributed by atoms with E-state index in [1.165, 1.54) is 6.92 Å². The Labute approximate surface area is 103 Å². The van der Waals surface area contributed by atoms with Gasteiger partial charge in [0.05, 0.1) is 5.02 Å². The lowest BCUT2D eigenvalue weighted by Crippen LogP contribution is -2.14. The zero-order valence-electron chi connectivity index (χ0n) is 9.20. The maximum Gasteiger partial charge on any atom is 0.303 e. The molecule has 0 aliphatic rings. The molecular weight excluding hydrogens is 249 g/mol. The Balaban J connectivity index is 3.07. The summed E-state index contributed by atoms with van der Waals surface area (Å²) >= 11 is 5.64. The van der Waals surface area contributed by atoms with Crippen LogP contribution in [0.5, 0.6) is 5.75 Å². The Bertz CT molecular complexity index is 425. The molecule has 0 aromatic heterocycles. The quantitative estimate of drug-likeness (QED) is 0.777. The first-order chi connectivity index (χ1) is 7.84. The van der Waals surface area contributed by atoms with Gasteiger partial charge in [-0.3, -0.25) is 4.79 Å². The van der Waals surface area contributed by atoms with E-state index < -0.39 is 17.8 Å². The second-order valence-corrected chi connectivity index (χ2v) is 4.17. The summed E-state index contributed by atoms with van der Waals surface area (Å²) in [5.41, 5.74) is 6.08. The summed E-state index contributed by atoms with van der Waals surface area (Å²) in [6.45, 7) is 1.46. The minimum Gasteiger partial charge on any atom is -0.506 e. The number of carboxylic acid groups (broad SMARTS) is 1. The second kappa shape index (κ2) is 5.33. The Morgan fingerprint density at radius 1 is 1.65 bits per heavy atom. The lowest BCUT2D eigenvalue weighted by atomic mass is 9.96. The van der Waals surface area contributed by atoms with Crippen LogP contribution in [-0.2, 0) is 4.79 Å². The monoisotopic (exact) mass is 261 g/mol. The lowest BCUT2D eigenvalue weighted by molar-refractivity contribution is -0.137. The van der Waals surface area contributed by atoms with Crippen LogP contribution in [0.2, 0.25) is 5.02 Å². The molecule has 17 heavy (non-hydrogen) atoms. The standard InChI is InChI=1S/C11H13ClFNO3/c1-5-7(13)4-6(12)11(17)10(5)8(14)2-3-9(15)16/h4,8,17H,2-3,14H2,1H3,(H,15,16). The summed E-state index contributed by atoms with van der Waals surface area (Å²) in [7, 11) is 0. The van der Waals surface area contributed by atoms with E-state index in [2.05, 4.69) is 0 Å². The Hall–Kier alpha value is -1.33. The number of aromatic hydroxyl groups is 1. The number of hydrogen-bond acceptors (Lipinski definition) is 3. The minimum atomic E-state index is -1.000. The van der Waals surface area contributed by atoms with E-state index in [1.54, 1.807) is 0 Å². The van der Waals surface area contributed by atoms with Gasteiger partial charge in [0.2, 0.25) is 0 Å². The summed E-state index contributed by atoms with van der Waals surface area (Å²) in [5, 5.41) is 18.1. The predicted octanol–water partition coefficient (Wildman–Crippen LogP) is 2.36. The highest BCUT2D eigenvalue weighted by Crippen LogP contribution is 2.36. The van der Waals surface area contributed by atoms with Crippen LogP contribution in [0.15, 0.2) is 6.07 Å². The first-order valence-electron chi connectivity index (χ1n) is 4.99. The zero-order chi connectivity index (χ0) is 13.2. The second-order valence-electron chi connectivity index (χ2n) is 3.77. The SMILES string of the molecule is Cc1c(F)cc(Cl)c(O)c1C(N)CCC(=O)O. The van der Waals surface area contributed by atoms with Crippen LogP contribution in [0.25, 0.3) is 0 Å². The number of benzene rings is 1. The number of rotatable bonds is 4. The zero-order valence-corrected chi connectivity index (χ0v) is 9.96. The average molecular weight is 262 g/mol. The van der Waals surface area contributed by atoms with E-state index in [-0.39, 0.29) is 34.7 Å². The number of phenols is 1. The largest absolute Gasteiger partial charge is 0.506 e. The van der Waals surface area contributed by atoms with Crippen LogP contribution in [0, 0.1) is 12.7 Å². The fourth-order valence-corrected chi connectivity index (χ4v) is 1.80. The molecule has 0 amide bonds. The Morgan fingerprint density at radius 3 is 2.76 bits per heavy atom. The highest BCUT2D eigenvalue weighted by atomic mass is 35.5. The van der Waals surface area contributed by atoms with Crippen molar-refractivity contribution in [3.05, 3.63) is 28.0 Å². The number of halogens is 2. The highest BCUT2D eigenvalue weighted by molar-refractivity contribution is 6.32. The van der Waals surface area contributed by atoms with Crippen molar-refractivity contribution in [1.29, 1.82) is 0 Å². The topological polar surface area (TPSA) is 83.5 Å². The van der Waals surface area contributed by atoms with Gasteiger partial charge in [-0.1, -0.05) is 11.6 Å². The molecule has 6 heteroatoms. The van der Waals surface area contributed by atoms with Gasteiger partial charge in [0.1, 0.15) is 11.6 Å². The molecule has 4 N–H and O–H groups in total. The molecular formula is C11H13ClFNO3. The van der Waals surface area contributed by atoms with Crippen molar-refractivity contribution in [1.82, 2.24) is 0 Å². The van der Waals surface area contributed by atoms with Crippen LogP contribution in [-0.4, -0.2) is 16.2 Å². The van der Waals surface area contributed by atoms with Gasteiger partial charge in [-0.2, -0.15) is 0 Å². The molecule has 0 aliphatic heterocycles. The van der Waals surface area contributed by atoms with Crippen LogP contribution >= 0.6 is 11.6 Å². The van der Waals surface area contributed by atoms with Gasteiger partial charge < -0.3 is 15.9 Å². The third kappa shape index (κ3) is 3.08. The molecule has 1 rings (SSSR count). The molecule has 0 heterocycles. The first kappa shape index (κ1) is 13.7. The molecule has 0 saturated heterocycles. The fourth-order valence-electron chi connectivity index (χ4n) is 1.60. The number of carboxylic acids is 1. The summed E-state index contributed by atoms with van der Waals surface area (Å²) in [6, 6.07) is 0.235. The maximum atomic E-state index is 13.4. The third-order valence-corrected chi connectivity index (χ3v) is 2.83. The van der Waals surface area contributed by atoms with Crippen LogP contribution in [0.1, 0.15) is 30.0 Å². The normalized spacial score (nSPS) is 12.5. The number of carbonyl (C=O) groups is 1. The van der Waals surface area contributed by atoms with Gasteiger partial charge in [-0.15, -0.1) is 0 Å². The van der Waals surface area contributed by atoms with Crippen molar-refractivity contribution >= 4 is 17.6 Å². The number of phenolic OH excluding ortho intramolecular Hbond substituents is 1. The van der Waals surface area contributed by atoms with Crippen LogP contribution in [0.4, 0.5) is 4.39 Å². The predicted molar refractivity (Wildman–Crippen MR) is 61.6 cm³/mol. The number of nitrogens with two attached hydrogens (primary N) is 1. The molecule has 0 bridgehead atoms. The van der Waals surface area contributed by atoms with E-state index in [0.717, 1.165) is 6.07 Å². The summed E-state index contributed by atoms with van der Waals surface area (Å²) < 4.78 is 13.4. The summed E-state index contributed by atoms with van der Waals surface area (Å²) in [5.74, 6) is -1.86. The van der Waals surface area contributed by atoms with Crippen LogP contribution < -0.4 is 5.73 Å². The van der Waals surface area contributed by atoms with Gasteiger partial charge in [-0.05, 0) is 25.0 Å². The van der Waals surface area contributed by atoms with E-state index in [1.807, 2.05) is 0 Å². The number of aliphatic carboxylic acids is 1. The van der Waals surface area contributed by atoms with Crippen molar-refractivity contribution in [2.24, 2.45) is 5.73 Å². The summed E-state index contributed by atoms with van der Waals surface area (Å²) in [4.78, 5) is 10.4. The maximum absolute atomic E-state index is 13.4. The van der Waals surface area contributed by atoms with Crippen LogP contribution in [0.3, 0.4) is 0 Å². The molecule has 0 aliphatic carbocycles. The Morgan fingerprint density at radius 2 is 2.24 bits per heavy atom. The van der Waals surface area contributed by atoms with E-state index in [9.17, 15) is 14.3 Å². The molecule has 94 valence electrons. The smallest absolute Gasteiger partial charge is 0.303 e. The average Bonchev–Trinajstić information content (AvgIpc) is 2.24. The molecule has 1 aromatic rings. The molecule has 0 saturated carbocycles. The van der Waals surface area contributed by atoms with Gasteiger partial charge in [0.25, 0.3) is 0 Å². The Kier molecular flexibility index (Phi) is 4.31.